The number of aromatic carboxylic acids is 1. The van der Waals surface area contributed by atoms with Crippen molar-refractivity contribution < 1.29 is 19.7 Å². The molecule has 0 saturated heterocycles. The number of carboxylic acids is 1. The predicted molar refractivity (Wildman–Crippen MR) is 153 cm³/mol. The maximum absolute atomic E-state index is 11.8. The van der Waals surface area contributed by atoms with Crippen LogP contribution in [0.2, 0.25) is 5.02 Å². The molecule has 0 aromatic heterocycles. The number of carboxylic acid groups (broad SMARTS) is 1. The van der Waals surface area contributed by atoms with E-state index in [0.29, 0.717) is 23.1 Å². The van der Waals surface area contributed by atoms with Crippen molar-refractivity contribution in [2.24, 2.45) is 0 Å². The SMILES string of the molecule is Cl.O=C(O)c1ccc(-c2ccc3c(c2)C[C@@H](NC[C@H](O)c2ccc(Cl)cc2)CC3)cc1Oc1ccccc1. The molecule has 1 aliphatic carbocycles. The second-order valence-electron chi connectivity index (χ2n) is 9.33. The standard InChI is InChI=1S/C31H28ClNO4.ClH/c32-25-12-8-21(9-13-25)29(34)19-33-26-14-10-20-6-7-22(16-24(20)17-26)23-11-15-28(31(35)36)30(18-23)37-27-4-2-1-3-5-27;/h1-9,11-13,15-16,18,26,29,33-34H,10,14,17,19H2,(H,35,36);1H/t26-,29-;/m0./s1. The molecular weight excluding hydrogens is 521 g/mol. The zero-order chi connectivity index (χ0) is 25.8. The highest BCUT2D eigenvalue weighted by molar-refractivity contribution is 6.30. The quantitative estimate of drug-likeness (QED) is 0.218. The molecule has 0 unspecified atom stereocenters. The third kappa shape index (κ3) is 6.55. The van der Waals surface area contributed by atoms with Gasteiger partial charge in [-0.15, -0.1) is 12.4 Å². The largest absolute Gasteiger partial charge is 0.478 e. The Hall–Kier alpha value is -3.35. The number of aryl methyl sites for hydroxylation is 1. The van der Waals surface area contributed by atoms with Crippen molar-refractivity contribution in [1.82, 2.24) is 5.32 Å². The number of hydrogen-bond donors (Lipinski definition) is 3. The molecule has 0 saturated carbocycles. The predicted octanol–water partition coefficient (Wildman–Crippen LogP) is 7.10. The Bertz CT molecular complexity index is 1390. The summed E-state index contributed by atoms with van der Waals surface area (Å²) in [5.41, 5.74) is 5.45. The molecule has 0 aliphatic heterocycles. The number of carbonyl (C=O) groups is 1. The molecule has 0 heterocycles. The molecule has 5 nitrogen and oxygen atoms in total. The van der Waals surface area contributed by atoms with Crippen LogP contribution >= 0.6 is 24.0 Å². The monoisotopic (exact) mass is 549 g/mol. The molecule has 5 rings (SSSR count). The van der Waals surface area contributed by atoms with Crippen molar-refractivity contribution in [2.75, 3.05) is 6.54 Å². The summed E-state index contributed by atoms with van der Waals surface area (Å²) >= 11 is 5.96. The van der Waals surface area contributed by atoms with Gasteiger partial charge in [0.15, 0.2) is 0 Å². The Balaban J connectivity index is 0.00000336. The minimum atomic E-state index is -1.03. The van der Waals surface area contributed by atoms with Crippen LogP contribution in [0.25, 0.3) is 11.1 Å². The molecule has 1 aliphatic rings. The number of benzene rings is 4. The fourth-order valence-electron chi connectivity index (χ4n) is 4.77. The van der Waals surface area contributed by atoms with Crippen molar-refractivity contribution in [2.45, 2.75) is 31.4 Å². The lowest BCUT2D eigenvalue weighted by Crippen LogP contribution is -2.37. The Kier molecular flexibility index (Phi) is 9.08. The number of fused-ring (bicyclic) bond motifs is 1. The number of halogens is 2. The van der Waals surface area contributed by atoms with Crippen LogP contribution in [0.5, 0.6) is 11.5 Å². The molecule has 0 fully saturated rings. The first-order chi connectivity index (χ1) is 18.0. The highest BCUT2D eigenvalue weighted by atomic mass is 35.5. The van der Waals surface area contributed by atoms with Gasteiger partial charge in [-0.1, -0.05) is 66.2 Å². The lowest BCUT2D eigenvalue weighted by atomic mass is 9.86. The molecule has 4 aromatic carbocycles. The van der Waals surface area contributed by atoms with Crippen molar-refractivity contribution in [3.05, 3.63) is 118 Å². The number of para-hydroxylation sites is 1. The van der Waals surface area contributed by atoms with E-state index in [1.54, 1.807) is 36.4 Å². The van der Waals surface area contributed by atoms with Crippen molar-refractivity contribution >= 4 is 30.0 Å². The second-order valence-corrected chi connectivity index (χ2v) is 9.77. The Morgan fingerprint density at radius 3 is 2.39 bits per heavy atom. The first-order valence-corrected chi connectivity index (χ1v) is 12.7. The first kappa shape index (κ1) is 27.7. The summed E-state index contributed by atoms with van der Waals surface area (Å²) in [5, 5.41) is 24.4. The number of aliphatic hydroxyl groups excluding tert-OH is 1. The summed E-state index contributed by atoms with van der Waals surface area (Å²) in [6.07, 6.45) is 2.23. The van der Waals surface area contributed by atoms with Crippen LogP contribution in [0.4, 0.5) is 0 Å². The summed E-state index contributed by atoms with van der Waals surface area (Å²) in [5.74, 6) is -0.135. The fourth-order valence-corrected chi connectivity index (χ4v) is 4.90. The summed E-state index contributed by atoms with van der Waals surface area (Å²) in [7, 11) is 0. The molecular formula is C31H29Cl2NO4. The van der Waals surface area contributed by atoms with Gasteiger partial charge in [0.25, 0.3) is 0 Å². The highest BCUT2D eigenvalue weighted by Crippen LogP contribution is 2.33. The van der Waals surface area contributed by atoms with E-state index in [2.05, 4.69) is 23.5 Å². The van der Waals surface area contributed by atoms with E-state index >= 15 is 0 Å². The van der Waals surface area contributed by atoms with Crippen LogP contribution in [0.15, 0.2) is 91.0 Å². The van der Waals surface area contributed by atoms with Gasteiger partial charge in [-0.25, -0.2) is 4.79 Å². The number of aliphatic hydroxyl groups is 1. The zero-order valence-electron chi connectivity index (χ0n) is 20.6. The minimum Gasteiger partial charge on any atom is -0.478 e. The average molecular weight is 550 g/mol. The number of hydrogen-bond acceptors (Lipinski definition) is 4. The normalized spacial score (nSPS) is 15.2. The molecule has 196 valence electrons. The van der Waals surface area contributed by atoms with E-state index in [1.165, 1.54) is 11.1 Å². The summed E-state index contributed by atoms with van der Waals surface area (Å²) in [4.78, 5) is 11.8. The third-order valence-electron chi connectivity index (χ3n) is 6.81. The molecule has 4 aromatic rings. The lowest BCUT2D eigenvalue weighted by Gasteiger charge is -2.27. The van der Waals surface area contributed by atoms with E-state index in [9.17, 15) is 15.0 Å². The van der Waals surface area contributed by atoms with E-state index < -0.39 is 12.1 Å². The highest BCUT2D eigenvalue weighted by Gasteiger charge is 2.21. The maximum atomic E-state index is 11.8. The van der Waals surface area contributed by atoms with Crippen LogP contribution in [-0.2, 0) is 12.8 Å². The van der Waals surface area contributed by atoms with Crippen LogP contribution in [-0.4, -0.2) is 28.8 Å². The summed E-state index contributed by atoms with van der Waals surface area (Å²) < 4.78 is 5.94. The van der Waals surface area contributed by atoms with Gasteiger partial charge in [0.1, 0.15) is 17.1 Å². The van der Waals surface area contributed by atoms with Crippen molar-refractivity contribution in [3.8, 4) is 22.6 Å². The summed E-state index contributed by atoms with van der Waals surface area (Å²) in [6, 6.07) is 28.4. The number of nitrogens with one attached hydrogen (secondary N) is 1. The Morgan fingerprint density at radius 2 is 1.66 bits per heavy atom. The second kappa shape index (κ2) is 12.5. The lowest BCUT2D eigenvalue weighted by molar-refractivity contribution is 0.0694. The van der Waals surface area contributed by atoms with Gasteiger partial charge in [0.05, 0.1) is 6.10 Å². The van der Waals surface area contributed by atoms with Crippen LogP contribution < -0.4 is 10.1 Å². The third-order valence-corrected chi connectivity index (χ3v) is 7.06. The molecule has 0 bridgehead atoms. The van der Waals surface area contributed by atoms with Gasteiger partial charge in [-0.2, -0.15) is 0 Å². The molecule has 3 N–H and O–H groups in total. The van der Waals surface area contributed by atoms with Crippen LogP contribution in [0, 0.1) is 0 Å². The van der Waals surface area contributed by atoms with Crippen molar-refractivity contribution in [1.29, 1.82) is 0 Å². The van der Waals surface area contributed by atoms with Gasteiger partial charge in [-0.05, 0) is 83.5 Å². The van der Waals surface area contributed by atoms with Gasteiger partial charge < -0.3 is 20.3 Å². The van der Waals surface area contributed by atoms with E-state index in [0.717, 1.165) is 36.0 Å². The van der Waals surface area contributed by atoms with E-state index in [1.807, 2.05) is 36.4 Å². The Labute approximate surface area is 233 Å². The van der Waals surface area contributed by atoms with E-state index in [4.69, 9.17) is 16.3 Å². The average Bonchev–Trinajstić information content (AvgIpc) is 2.92. The van der Waals surface area contributed by atoms with Crippen molar-refractivity contribution in [3.63, 3.8) is 0 Å². The van der Waals surface area contributed by atoms with Crippen LogP contribution in [0.1, 0.15) is 39.6 Å². The molecule has 0 spiro atoms. The van der Waals surface area contributed by atoms with Crippen LogP contribution in [0.3, 0.4) is 0 Å². The number of rotatable bonds is 8. The number of ether oxygens (including phenoxy) is 1. The zero-order valence-corrected chi connectivity index (χ0v) is 22.2. The van der Waals surface area contributed by atoms with E-state index in [-0.39, 0.29) is 24.0 Å². The smallest absolute Gasteiger partial charge is 0.339 e. The molecule has 7 heteroatoms. The Morgan fingerprint density at radius 1 is 0.947 bits per heavy atom. The molecule has 0 amide bonds. The minimum absolute atomic E-state index is 0. The van der Waals surface area contributed by atoms with Gasteiger partial charge in [-0.3, -0.25) is 0 Å². The fraction of sp³-hybridized carbons (Fsp3) is 0.194. The molecule has 38 heavy (non-hydrogen) atoms. The molecule has 2 atom stereocenters. The first-order valence-electron chi connectivity index (χ1n) is 12.4. The summed E-state index contributed by atoms with van der Waals surface area (Å²) in [6.45, 7) is 0.470. The van der Waals surface area contributed by atoms with Gasteiger partial charge >= 0.3 is 5.97 Å². The van der Waals surface area contributed by atoms with Gasteiger partial charge in [0.2, 0.25) is 0 Å². The van der Waals surface area contributed by atoms with Gasteiger partial charge in [0, 0.05) is 17.6 Å². The maximum Gasteiger partial charge on any atom is 0.339 e. The molecule has 0 radical (unpaired) electrons. The topological polar surface area (TPSA) is 78.8 Å².